The molecule has 29 heavy (non-hydrogen) atoms. The number of amidine groups is 1. The SMILES string of the molecule is Cc1nc(N)nc2c1C(NOCC1COC(=O)N1)=NC(c1ccc(F)cc1Br)C2. The van der Waals surface area contributed by atoms with E-state index >= 15 is 0 Å². The van der Waals surface area contributed by atoms with Crippen molar-refractivity contribution in [3.63, 3.8) is 0 Å². The fraction of sp³-hybridized carbons (Fsp3) is 0.333. The van der Waals surface area contributed by atoms with Gasteiger partial charge in [0.2, 0.25) is 5.95 Å². The van der Waals surface area contributed by atoms with Crippen LogP contribution >= 0.6 is 15.9 Å². The number of nitrogens with two attached hydrogens (primary N) is 1. The van der Waals surface area contributed by atoms with Gasteiger partial charge in [0.25, 0.3) is 0 Å². The lowest BCUT2D eigenvalue weighted by atomic mass is 9.95. The standard InChI is InChI=1S/C18H18BrFN6O3/c1-8-15-14(25-17(21)22-8)5-13(11-3-2-9(20)4-12(11)19)24-16(15)26-29-7-10-6-28-18(27)23-10/h2-4,10,13H,5-7H2,1H3,(H,23,27)(H,24,26)(H2,21,22,25). The summed E-state index contributed by atoms with van der Waals surface area (Å²) in [7, 11) is 0. The summed E-state index contributed by atoms with van der Waals surface area (Å²) in [4.78, 5) is 30.0. The predicted molar refractivity (Wildman–Crippen MR) is 106 cm³/mol. The van der Waals surface area contributed by atoms with Crippen LogP contribution in [0.15, 0.2) is 27.7 Å². The van der Waals surface area contributed by atoms with Crippen molar-refractivity contribution in [2.45, 2.75) is 25.4 Å². The van der Waals surface area contributed by atoms with Crippen LogP contribution in [-0.2, 0) is 16.0 Å². The zero-order valence-corrected chi connectivity index (χ0v) is 17.0. The van der Waals surface area contributed by atoms with Crippen LogP contribution in [0.3, 0.4) is 0 Å². The van der Waals surface area contributed by atoms with E-state index in [1.54, 1.807) is 6.07 Å². The Labute approximate surface area is 174 Å². The first-order chi connectivity index (χ1) is 13.9. The summed E-state index contributed by atoms with van der Waals surface area (Å²) in [5.74, 6) is 0.270. The van der Waals surface area contributed by atoms with Crippen molar-refractivity contribution in [2.75, 3.05) is 18.9 Å². The van der Waals surface area contributed by atoms with Gasteiger partial charge in [0.15, 0.2) is 5.84 Å². The van der Waals surface area contributed by atoms with Crippen LogP contribution < -0.4 is 16.5 Å². The van der Waals surface area contributed by atoms with Crippen LogP contribution in [0.4, 0.5) is 15.1 Å². The Morgan fingerprint density at radius 2 is 2.28 bits per heavy atom. The van der Waals surface area contributed by atoms with Gasteiger partial charge in [-0.1, -0.05) is 22.0 Å². The van der Waals surface area contributed by atoms with E-state index in [0.717, 1.165) is 11.3 Å². The maximum absolute atomic E-state index is 13.5. The van der Waals surface area contributed by atoms with E-state index in [9.17, 15) is 9.18 Å². The Morgan fingerprint density at radius 1 is 1.45 bits per heavy atom. The Bertz CT molecular complexity index is 1000. The highest BCUT2D eigenvalue weighted by Crippen LogP contribution is 2.34. The van der Waals surface area contributed by atoms with Crippen molar-refractivity contribution in [3.05, 3.63) is 51.0 Å². The number of nitrogen functional groups attached to an aromatic ring is 1. The molecule has 1 fully saturated rings. The number of hydrogen-bond donors (Lipinski definition) is 3. The summed E-state index contributed by atoms with van der Waals surface area (Å²) in [6, 6.07) is 3.87. The molecule has 11 heteroatoms. The van der Waals surface area contributed by atoms with E-state index in [0.29, 0.717) is 28.0 Å². The first-order valence-electron chi connectivity index (χ1n) is 8.88. The molecule has 0 spiro atoms. The molecule has 9 nitrogen and oxygen atoms in total. The number of aliphatic imine (C=N–C) groups is 1. The van der Waals surface area contributed by atoms with E-state index in [1.807, 2.05) is 6.92 Å². The lowest BCUT2D eigenvalue weighted by Crippen LogP contribution is -2.37. The first-order valence-corrected chi connectivity index (χ1v) is 9.67. The van der Waals surface area contributed by atoms with Crippen LogP contribution in [-0.4, -0.2) is 41.2 Å². The van der Waals surface area contributed by atoms with Crippen molar-refractivity contribution in [2.24, 2.45) is 4.99 Å². The normalized spacial score (nSPS) is 20.5. The maximum Gasteiger partial charge on any atom is 0.407 e. The number of halogens is 2. The summed E-state index contributed by atoms with van der Waals surface area (Å²) in [5, 5.41) is 2.63. The average Bonchev–Trinajstić information content (AvgIpc) is 3.06. The van der Waals surface area contributed by atoms with Gasteiger partial charge >= 0.3 is 6.09 Å². The number of carbonyl (C=O) groups excluding carboxylic acids is 1. The number of ether oxygens (including phenoxy) is 1. The summed E-state index contributed by atoms with van der Waals surface area (Å²) >= 11 is 3.40. The molecule has 0 radical (unpaired) electrons. The summed E-state index contributed by atoms with van der Waals surface area (Å²) in [5.41, 5.74) is 11.6. The van der Waals surface area contributed by atoms with Crippen LogP contribution in [0.1, 0.15) is 28.6 Å². The molecule has 3 heterocycles. The van der Waals surface area contributed by atoms with Gasteiger partial charge in [-0.05, 0) is 24.6 Å². The maximum atomic E-state index is 13.5. The second kappa shape index (κ2) is 7.91. The van der Waals surface area contributed by atoms with Crippen LogP contribution in [0.5, 0.6) is 0 Å². The molecule has 2 aromatic rings. The molecule has 2 atom stereocenters. The number of anilines is 1. The van der Waals surface area contributed by atoms with E-state index in [2.05, 4.69) is 36.7 Å². The number of hydrogen-bond acceptors (Lipinski definition) is 8. The summed E-state index contributed by atoms with van der Waals surface area (Å²) in [6.45, 7) is 2.22. The van der Waals surface area contributed by atoms with Crippen LogP contribution in [0.2, 0.25) is 0 Å². The topological polar surface area (TPSA) is 124 Å². The molecule has 1 aromatic heterocycles. The number of carbonyl (C=O) groups is 1. The number of fused-ring (bicyclic) bond motifs is 1. The van der Waals surface area contributed by atoms with Gasteiger partial charge < -0.3 is 15.8 Å². The number of nitrogens with one attached hydrogen (secondary N) is 2. The van der Waals surface area contributed by atoms with Crippen molar-refractivity contribution in [1.82, 2.24) is 20.8 Å². The Balaban J connectivity index is 1.61. The zero-order valence-electron chi connectivity index (χ0n) is 15.4. The first kappa shape index (κ1) is 19.5. The van der Waals surface area contributed by atoms with E-state index in [-0.39, 0.29) is 37.1 Å². The number of alkyl carbamates (subject to hydrolysis) is 1. The molecule has 0 bridgehead atoms. The number of benzene rings is 1. The minimum absolute atomic E-state index is 0.172. The van der Waals surface area contributed by atoms with Gasteiger partial charge in [0, 0.05) is 10.9 Å². The number of amides is 1. The lowest BCUT2D eigenvalue weighted by Gasteiger charge is -2.25. The van der Waals surface area contributed by atoms with Gasteiger partial charge in [-0.25, -0.2) is 24.6 Å². The third kappa shape index (κ3) is 4.15. The predicted octanol–water partition coefficient (Wildman–Crippen LogP) is 1.94. The van der Waals surface area contributed by atoms with Crippen molar-refractivity contribution < 1.29 is 18.8 Å². The highest BCUT2D eigenvalue weighted by Gasteiger charge is 2.28. The minimum atomic E-state index is -0.472. The zero-order chi connectivity index (χ0) is 20.5. The summed E-state index contributed by atoms with van der Waals surface area (Å²) in [6.07, 6.45) is 0.00469. The quantitative estimate of drug-likeness (QED) is 0.590. The largest absolute Gasteiger partial charge is 0.447 e. The Morgan fingerprint density at radius 3 is 3.00 bits per heavy atom. The second-order valence-electron chi connectivity index (χ2n) is 6.71. The van der Waals surface area contributed by atoms with Gasteiger partial charge in [-0.3, -0.25) is 9.83 Å². The molecule has 1 amide bonds. The second-order valence-corrected chi connectivity index (χ2v) is 7.56. The highest BCUT2D eigenvalue weighted by molar-refractivity contribution is 9.10. The number of hydroxylamine groups is 1. The third-order valence-corrected chi connectivity index (χ3v) is 5.29. The molecule has 2 aliphatic heterocycles. The highest BCUT2D eigenvalue weighted by atomic mass is 79.9. The van der Waals surface area contributed by atoms with Crippen molar-refractivity contribution in [1.29, 1.82) is 0 Å². The number of nitrogens with zero attached hydrogens (tertiary/aromatic N) is 3. The van der Waals surface area contributed by atoms with Gasteiger partial charge in [0.05, 0.1) is 35.6 Å². The van der Waals surface area contributed by atoms with Crippen LogP contribution in [0, 0.1) is 12.7 Å². The lowest BCUT2D eigenvalue weighted by molar-refractivity contribution is 0.0667. The number of aromatic nitrogens is 2. The molecule has 4 N–H and O–H groups in total. The smallest absolute Gasteiger partial charge is 0.407 e. The number of cyclic esters (lactones) is 1. The van der Waals surface area contributed by atoms with Gasteiger partial charge in [-0.15, -0.1) is 0 Å². The van der Waals surface area contributed by atoms with Crippen molar-refractivity contribution >= 4 is 33.8 Å². The third-order valence-electron chi connectivity index (χ3n) is 4.60. The van der Waals surface area contributed by atoms with E-state index < -0.39 is 6.09 Å². The molecule has 2 unspecified atom stereocenters. The Hall–Kier alpha value is -2.79. The Kier molecular flexibility index (Phi) is 5.33. The van der Waals surface area contributed by atoms with Crippen molar-refractivity contribution in [3.8, 4) is 0 Å². The molecule has 1 saturated heterocycles. The summed E-state index contributed by atoms with van der Waals surface area (Å²) < 4.78 is 18.9. The monoisotopic (exact) mass is 464 g/mol. The molecular weight excluding hydrogens is 447 g/mol. The molecule has 2 aliphatic rings. The molecule has 1 aromatic carbocycles. The minimum Gasteiger partial charge on any atom is -0.447 e. The molecule has 152 valence electrons. The number of rotatable bonds is 4. The fourth-order valence-electron chi connectivity index (χ4n) is 3.32. The average molecular weight is 465 g/mol. The molecule has 4 rings (SSSR count). The van der Waals surface area contributed by atoms with E-state index in [1.165, 1.54) is 12.1 Å². The van der Waals surface area contributed by atoms with E-state index in [4.69, 9.17) is 20.3 Å². The number of aryl methyl sites for hydroxylation is 1. The molecule has 0 aliphatic carbocycles. The van der Waals surface area contributed by atoms with Gasteiger partial charge in [-0.2, -0.15) is 0 Å². The molecular formula is C18H18BrFN6O3. The fourth-order valence-corrected chi connectivity index (χ4v) is 3.93. The molecule has 0 saturated carbocycles. The van der Waals surface area contributed by atoms with Crippen LogP contribution in [0.25, 0.3) is 0 Å². The van der Waals surface area contributed by atoms with Gasteiger partial charge in [0.1, 0.15) is 12.4 Å².